The third-order valence-corrected chi connectivity index (χ3v) is 4.77. The van der Waals surface area contributed by atoms with Gasteiger partial charge in [0.2, 0.25) is 12.7 Å². The molecule has 3 heterocycles. The highest BCUT2D eigenvalue weighted by atomic mass is 16.7. The molecule has 8 heteroatoms. The van der Waals surface area contributed by atoms with Crippen molar-refractivity contribution in [2.75, 3.05) is 12.1 Å². The van der Waals surface area contributed by atoms with E-state index in [-0.39, 0.29) is 6.79 Å². The van der Waals surface area contributed by atoms with E-state index in [0.29, 0.717) is 23.6 Å². The van der Waals surface area contributed by atoms with E-state index in [4.69, 9.17) is 15.2 Å². The molecule has 2 aromatic heterocycles. The molecule has 5 rings (SSSR count). The van der Waals surface area contributed by atoms with Crippen molar-refractivity contribution >= 4 is 17.4 Å². The fourth-order valence-electron chi connectivity index (χ4n) is 3.33. The van der Waals surface area contributed by atoms with Gasteiger partial charge in [0.05, 0.1) is 11.9 Å². The molecule has 0 fully saturated rings. The molecular weight excluding hydrogens is 370 g/mol. The molecule has 3 N–H and O–H groups in total. The SMILES string of the molecule is NC(=O)c1cccc(-c2cnc3c(NCc4ccc5c(c4)OCO5)nccn23)c1. The van der Waals surface area contributed by atoms with Crippen molar-refractivity contribution in [2.24, 2.45) is 5.73 Å². The number of ether oxygens (including phenoxy) is 2. The molecule has 144 valence electrons. The standard InChI is InChI=1S/C21H17N5O3/c22-19(27)15-3-1-2-14(9-15)16-11-25-21-20(23-6-7-26(16)21)24-10-13-4-5-17-18(8-13)29-12-28-17/h1-9,11H,10,12H2,(H2,22,27)(H,23,24). The van der Waals surface area contributed by atoms with Gasteiger partial charge in [0, 0.05) is 30.1 Å². The van der Waals surface area contributed by atoms with Crippen LogP contribution in [0, 0.1) is 0 Å². The number of amides is 1. The number of anilines is 1. The van der Waals surface area contributed by atoms with Crippen LogP contribution in [0.4, 0.5) is 5.82 Å². The molecular formula is C21H17N5O3. The minimum absolute atomic E-state index is 0.251. The number of nitrogens with zero attached hydrogens (tertiary/aromatic N) is 3. The maximum absolute atomic E-state index is 11.5. The number of rotatable bonds is 5. The van der Waals surface area contributed by atoms with Crippen LogP contribution in [0.5, 0.6) is 11.5 Å². The summed E-state index contributed by atoms with van der Waals surface area (Å²) in [6, 6.07) is 13.0. The lowest BCUT2D eigenvalue weighted by Crippen LogP contribution is -2.10. The topological polar surface area (TPSA) is 104 Å². The van der Waals surface area contributed by atoms with E-state index in [1.807, 2.05) is 34.9 Å². The Hall–Kier alpha value is -4.07. The van der Waals surface area contributed by atoms with E-state index in [9.17, 15) is 4.79 Å². The number of hydrogen-bond acceptors (Lipinski definition) is 6. The highest BCUT2D eigenvalue weighted by Gasteiger charge is 2.14. The molecule has 0 unspecified atom stereocenters. The molecule has 8 nitrogen and oxygen atoms in total. The van der Waals surface area contributed by atoms with Crippen molar-refractivity contribution in [1.82, 2.24) is 14.4 Å². The smallest absolute Gasteiger partial charge is 0.248 e. The van der Waals surface area contributed by atoms with Crippen LogP contribution < -0.4 is 20.5 Å². The van der Waals surface area contributed by atoms with Crippen LogP contribution >= 0.6 is 0 Å². The maximum atomic E-state index is 11.5. The van der Waals surface area contributed by atoms with Crippen molar-refractivity contribution in [3.05, 3.63) is 72.2 Å². The zero-order valence-electron chi connectivity index (χ0n) is 15.3. The normalized spacial score (nSPS) is 12.3. The minimum atomic E-state index is -0.464. The number of nitrogens with two attached hydrogens (primary N) is 1. The molecule has 1 aliphatic rings. The van der Waals surface area contributed by atoms with E-state index < -0.39 is 5.91 Å². The lowest BCUT2D eigenvalue weighted by molar-refractivity contribution is 0.100. The van der Waals surface area contributed by atoms with Crippen LogP contribution in [0.1, 0.15) is 15.9 Å². The lowest BCUT2D eigenvalue weighted by atomic mass is 10.1. The first-order valence-corrected chi connectivity index (χ1v) is 9.04. The first-order chi connectivity index (χ1) is 14.2. The Kier molecular flexibility index (Phi) is 4.02. The van der Waals surface area contributed by atoms with Crippen molar-refractivity contribution in [3.8, 4) is 22.8 Å². The molecule has 0 aliphatic carbocycles. The van der Waals surface area contributed by atoms with Crippen LogP contribution in [0.25, 0.3) is 16.9 Å². The van der Waals surface area contributed by atoms with Crippen LogP contribution in [-0.4, -0.2) is 27.1 Å². The zero-order chi connectivity index (χ0) is 19.8. The van der Waals surface area contributed by atoms with Gasteiger partial charge in [0.15, 0.2) is 23.0 Å². The number of imidazole rings is 1. The van der Waals surface area contributed by atoms with Gasteiger partial charge >= 0.3 is 0 Å². The van der Waals surface area contributed by atoms with Crippen LogP contribution in [-0.2, 0) is 6.54 Å². The second kappa shape index (κ2) is 6.83. The molecule has 2 aromatic carbocycles. The minimum Gasteiger partial charge on any atom is -0.454 e. The van der Waals surface area contributed by atoms with E-state index in [1.165, 1.54) is 0 Å². The van der Waals surface area contributed by atoms with E-state index in [2.05, 4.69) is 15.3 Å². The van der Waals surface area contributed by atoms with Crippen molar-refractivity contribution in [1.29, 1.82) is 0 Å². The summed E-state index contributed by atoms with van der Waals surface area (Å²) in [5, 5.41) is 3.32. The summed E-state index contributed by atoms with van der Waals surface area (Å²) in [6.07, 6.45) is 5.29. The Balaban J connectivity index is 1.44. The molecule has 0 atom stereocenters. The summed E-state index contributed by atoms with van der Waals surface area (Å²) in [7, 11) is 0. The largest absolute Gasteiger partial charge is 0.454 e. The summed E-state index contributed by atoms with van der Waals surface area (Å²) in [5.41, 5.74) is 9.28. The second-order valence-corrected chi connectivity index (χ2v) is 6.60. The van der Waals surface area contributed by atoms with E-state index in [1.54, 1.807) is 30.6 Å². The van der Waals surface area contributed by atoms with Gasteiger partial charge in [0.1, 0.15) is 0 Å². The van der Waals surface area contributed by atoms with Crippen molar-refractivity contribution in [3.63, 3.8) is 0 Å². The van der Waals surface area contributed by atoms with Gasteiger partial charge in [-0.2, -0.15) is 0 Å². The third-order valence-electron chi connectivity index (χ3n) is 4.77. The first kappa shape index (κ1) is 17.1. The van der Waals surface area contributed by atoms with Crippen molar-refractivity contribution < 1.29 is 14.3 Å². The number of nitrogens with one attached hydrogen (secondary N) is 1. The number of benzene rings is 2. The number of hydrogen-bond donors (Lipinski definition) is 2. The van der Waals surface area contributed by atoms with Gasteiger partial charge in [-0.3, -0.25) is 9.20 Å². The fraction of sp³-hybridized carbons (Fsp3) is 0.0952. The highest BCUT2D eigenvalue weighted by Crippen LogP contribution is 2.32. The maximum Gasteiger partial charge on any atom is 0.248 e. The fourth-order valence-corrected chi connectivity index (χ4v) is 3.33. The van der Waals surface area contributed by atoms with Crippen molar-refractivity contribution in [2.45, 2.75) is 6.54 Å². The Morgan fingerprint density at radius 2 is 2.03 bits per heavy atom. The Bertz CT molecular complexity index is 1230. The second-order valence-electron chi connectivity index (χ2n) is 6.60. The van der Waals surface area contributed by atoms with Crippen LogP contribution in [0.3, 0.4) is 0 Å². The number of fused-ring (bicyclic) bond motifs is 2. The Labute approximate surface area is 165 Å². The molecule has 1 aliphatic heterocycles. The van der Waals surface area contributed by atoms with Gasteiger partial charge in [-0.05, 0) is 29.8 Å². The lowest BCUT2D eigenvalue weighted by Gasteiger charge is -2.09. The number of aromatic nitrogens is 3. The first-order valence-electron chi connectivity index (χ1n) is 9.04. The zero-order valence-corrected chi connectivity index (χ0v) is 15.3. The molecule has 0 saturated heterocycles. The molecule has 0 radical (unpaired) electrons. The molecule has 29 heavy (non-hydrogen) atoms. The Morgan fingerprint density at radius 3 is 2.93 bits per heavy atom. The van der Waals surface area contributed by atoms with E-state index in [0.717, 1.165) is 28.3 Å². The third kappa shape index (κ3) is 3.10. The summed E-state index contributed by atoms with van der Waals surface area (Å²) in [6.45, 7) is 0.809. The predicted octanol–water partition coefficient (Wildman–Crippen LogP) is 2.84. The van der Waals surface area contributed by atoms with Crippen LogP contribution in [0.15, 0.2) is 61.1 Å². The van der Waals surface area contributed by atoms with Crippen LogP contribution in [0.2, 0.25) is 0 Å². The molecule has 4 aromatic rings. The van der Waals surface area contributed by atoms with Gasteiger partial charge in [-0.1, -0.05) is 18.2 Å². The monoisotopic (exact) mass is 387 g/mol. The summed E-state index contributed by atoms with van der Waals surface area (Å²) < 4.78 is 12.7. The number of carbonyl (C=O) groups excluding carboxylic acids is 1. The van der Waals surface area contributed by atoms with Gasteiger partial charge in [-0.15, -0.1) is 0 Å². The average molecular weight is 387 g/mol. The van der Waals surface area contributed by atoms with Gasteiger partial charge < -0.3 is 20.5 Å². The number of primary amides is 1. The summed E-state index contributed by atoms with van der Waals surface area (Å²) in [4.78, 5) is 20.4. The average Bonchev–Trinajstić information content (AvgIpc) is 3.39. The molecule has 0 saturated carbocycles. The summed E-state index contributed by atoms with van der Waals surface area (Å²) >= 11 is 0. The van der Waals surface area contributed by atoms with E-state index >= 15 is 0 Å². The molecule has 0 bridgehead atoms. The quantitative estimate of drug-likeness (QED) is 0.546. The summed E-state index contributed by atoms with van der Waals surface area (Å²) in [5.74, 6) is 1.69. The Morgan fingerprint density at radius 1 is 1.14 bits per heavy atom. The van der Waals surface area contributed by atoms with Gasteiger partial charge in [0.25, 0.3) is 0 Å². The number of carbonyl (C=O) groups is 1. The highest BCUT2D eigenvalue weighted by molar-refractivity contribution is 5.94. The molecule has 0 spiro atoms. The van der Waals surface area contributed by atoms with Gasteiger partial charge in [-0.25, -0.2) is 9.97 Å². The molecule has 1 amide bonds. The predicted molar refractivity (Wildman–Crippen MR) is 107 cm³/mol.